The molecule has 0 aliphatic carbocycles. The summed E-state index contributed by atoms with van der Waals surface area (Å²) in [7, 11) is 0. The number of hydrogen-bond acceptors (Lipinski definition) is 3. The summed E-state index contributed by atoms with van der Waals surface area (Å²) < 4.78 is 0. The van der Waals surface area contributed by atoms with E-state index in [1.54, 1.807) is 6.92 Å². The van der Waals surface area contributed by atoms with Crippen LogP contribution < -0.4 is 0 Å². The zero-order chi connectivity index (χ0) is 8.43. The molecule has 1 heterocycles. The molecular formula is C5H6BrN3O2. The Bertz CT molecular complexity index is 283. The molecule has 0 bridgehead atoms. The third-order valence-electron chi connectivity index (χ3n) is 1.18. The van der Waals surface area contributed by atoms with Crippen molar-refractivity contribution in [3.8, 4) is 0 Å². The second-order valence-electron chi connectivity index (χ2n) is 2.02. The number of hydrogen-bond donors (Lipinski definition) is 1. The van der Waals surface area contributed by atoms with E-state index in [-0.39, 0.29) is 5.82 Å². The standard InChI is InChI=1S/C5H6BrN3O2/c1-3-7-4(2-6)5(8-3)9(10)11/h2H2,1H3,(H,7,8). The largest absolute Gasteiger partial charge is 0.385 e. The number of aryl methyl sites for hydroxylation is 1. The van der Waals surface area contributed by atoms with E-state index in [9.17, 15) is 10.1 Å². The molecule has 0 aromatic carbocycles. The highest BCUT2D eigenvalue weighted by molar-refractivity contribution is 9.08. The van der Waals surface area contributed by atoms with Crippen LogP contribution in [0.3, 0.4) is 0 Å². The normalized spacial score (nSPS) is 10.0. The Labute approximate surface area is 71.1 Å². The van der Waals surface area contributed by atoms with Crippen molar-refractivity contribution >= 4 is 21.7 Å². The van der Waals surface area contributed by atoms with Gasteiger partial charge < -0.3 is 15.1 Å². The molecule has 0 saturated heterocycles. The van der Waals surface area contributed by atoms with E-state index >= 15 is 0 Å². The van der Waals surface area contributed by atoms with Gasteiger partial charge in [0.2, 0.25) is 5.82 Å². The Morgan fingerprint density at radius 3 is 2.82 bits per heavy atom. The Hall–Kier alpha value is -0.910. The van der Waals surface area contributed by atoms with Crippen LogP contribution in [0.4, 0.5) is 5.82 Å². The first kappa shape index (κ1) is 8.19. The van der Waals surface area contributed by atoms with Gasteiger partial charge in [0, 0.05) is 6.92 Å². The zero-order valence-corrected chi connectivity index (χ0v) is 7.38. The maximum absolute atomic E-state index is 10.3. The smallest absolute Gasteiger partial charge is 0.358 e. The van der Waals surface area contributed by atoms with E-state index in [0.717, 1.165) is 0 Å². The lowest BCUT2D eigenvalue weighted by molar-refractivity contribution is -0.389. The number of imidazole rings is 1. The number of alkyl halides is 1. The van der Waals surface area contributed by atoms with Crippen LogP contribution in [0.2, 0.25) is 0 Å². The van der Waals surface area contributed by atoms with Crippen molar-refractivity contribution in [2.45, 2.75) is 12.3 Å². The van der Waals surface area contributed by atoms with Gasteiger partial charge in [-0.3, -0.25) is 0 Å². The van der Waals surface area contributed by atoms with Gasteiger partial charge in [0.1, 0.15) is 5.69 Å². The van der Waals surface area contributed by atoms with Crippen molar-refractivity contribution < 1.29 is 4.92 Å². The molecule has 0 atom stereocenters. The molecule has 0 amide bonds. The lowest BCUT2D eigenvalue weighted by atomic mass is 10.5. The van der Waals surface area contributed by atoms with E-state index < -0.39 is 4.92 Å². The minimum atomic E-state index is -0.500. The number of nitro groups is 1. The highest BCUT2D eigenvalue weighted by atomic mass is 79.9. The quantitative estimate of drug-likeness (QED) is 0.466. The number of halogens is 1. The molecule has 0 aliphatic heterocycles. The molecule has 1 aromatic rings. The van der Waals surface area contributed by atoms with Crippen LogP contribution >= 0.6 is 15.9 Å². The Morgan fingerprint density at radius 2 is 2.45 bits per heavy atom. The van der Waals surface area contributed by atoms with Gasteiger partial charge in [0.15, 0.2) is 0 Å². The molecule has 0 unspecified atom stereocenters. The van der Waals surface area contributed by atoms with Crippen molar-refractivity contribution in [2.24, 2.45) is 0 Å². The molecule has 1 aromatic heterocycles. The van der Waals surface area contributed by atoms with Gasteiger partial charge in [-0.15, -0.1) is 0 Å². The fraction of sp³-hybridized carbons (Fsp3) is 0.400. The maximum Gasteiger partial charge on any atom is 0.385 e. The average molecular weight is 220 g/mol. The summed E-state index contributed by atoms with van der Waals surface area (Å²) in [4.78, 5) is 16.3. The monoisotopic (exact) mass is 219 g/mol. The van der Waals surface area contributed by atoms with Gasteiger partial charge in [-0.05, 0) is 9.91 Å². The molecule has 0 fully saturated rings. The number of H-pyrrole nitrogens is 1. The number of aromatic nitrogens is 2. The second kappa shape index (κ2) is 3.00. The molecule has 0 radical (unpaired) electrons. The summed E-state index contributed by atoms with van der Waals surface area (Å²) in [6.45, 7) is 1.68. The molecule has 1 N–H and O–H groups in total. The van der Waals surface area contributed by atoms with Crippen LogP contribution in [0.25, 0.3) is 0 Å². The van der Waals surface area contributed by atoms with Crippen molar-refractivity contribution in [3.05, 3.63) is 21.6 Å². The summed E-state index contributed by atoms with van der Waals surface area (Å²) >= 11 is 3.11. The van der Waals surface area contributed by atoms with Crippen molar-refractivity contribution in [2.75, 3.05) is 0 Å². The summed E-state index contributed by atoms with van der Waals surface area (Å²) in [5, 5.41) is 10.7. The number of aromatic amines is 1. The molecule has 0 spiro atoms. The Morgan fingerprint density at radius 1 is 1.82 bits per heavy atom. The van der Waals surface area contributed by atoms with Crippen LogP contribution in [-0.2, 0) is 5.33 Å². The highest BCUT2D eigenvalue weighted by Crippen LogP contribution is 2.16. The minimum Gasteiger partial charge on any atom is -0.358 e. The molecule has 11 heavy (non-hydrogen) atoms. The van der Waals surface area contributed by atoms with Crippen LogP contribution in [0.5, 0.6) is 0 Å². The van der Waals surface area contributed by atoms with Gasteiger partial charge in [-0.1, -0.05) is 15.9 Å². The van der Waals surface area contributed by atoms with Gasteiger partial charge in [-0.2, -0.15) is 0 Å². The molecular weight excluding hydrogens is 214 g/mol. The lowest BCUT2D eigenvalue weighted by Crippen LogP contribution is -1.91. The number of nitrogens with one attached hydrogen (secondary N) is 1. The van der Waals surface area contributed by atoms with Crippen LogP contribution in [0, 0.1) is 17.0 Å². The van der Waals surface area contributed by atoms with Gasteiger partial charge in [-0.25, -0.2) is 0 Å². The summed E-state index contributed by atoms with van der Waals surface area (Å²) in [6, 6.07) is 0. The Balaban J connectivity index is 3.12. The Kier molecular flexibility index (Phi) is 2.23. The third-order valence-corrected chi connectivity index (χ3v) is 1.74. The minimum absolute atomic E-state index is 0.0978. The molecule has 60 valence electrons. The number of rotatable bonds is 2. The summed E-state index contributed by atoms with van der Waals surface area (Å²) in [5.74, 6) is 0.463. The highest BCUT2D eigenvalue weighted by Gasteiger charge is 2.17. The first-order valence-corrected chi connectivity index (χ1v) is 4.03. The van der Waals surface area contributed by atoms with E-state index in [0.29, 0.717) is 16.8 Å². The molecule has 0 aliphatic rings. The third kappa shape index (κ3) is 1.56. The van der Waals surface area contributed by atoms with E-state index in [1.807, 2.05) is 0 Å². The molecule has 5 nitrogen and oxygen atoms in total. The first-order valence-electron chi connectivity index (χ1n) is 2.91. The van der Waals surface area contributed by atoms with Crippen molar-refractivity contribution in [3.63, 3.8) is 0 Å². The topological polar surface area (TPSA) is 71.8 Å². The lowest BCUT2D eigenvalue weighted by Gasteiger charge is -1.88. The molecule has 1 rings (SSSR count). The van der Waals surface area contributed by atoms with Crippen LogP contribution in [-0.4, -0.2) is 14.9 Å². The fourth-order valence-electron chi connectivity index (χ4n) is 0.773. The van der Waals surface area contributed by atoms with Crippen molar-refractivity contribution in [1.29, 1.82) is 0 Å². The molecule has 0 saturated carbocycles. The van der Waals surface area contributed by atoms with Crippen LogP contribution in [0.1, 0.15) is 11.5 Å². The van der Waals surface area contributed by atoms with E-state index in [1.165, 1.54) is 0 Å². The van der Waals surface area contributed by atoms with Gasteiger partial charge >= 0.3 is 5.82 Å². The maximum atomic E-state index is 10.3. The molecule has 6 heteroatoms. The van der Waals surface area contributed by atoms with Gasteiger partial charge in [0.05, 0.1) is 5.33 Å². The van der Waals surface area contributed by atoms with Crippen LogP contribution in [0.15, 0.2) is 0 Å². The van der Waals surface area contributed by atoms with E-state index in [4.69, 9.17) is 0 Å². The van der Waals surface area contributed by atoms with Crippen molar-refractivity contribution in [1.82, 2.24) is 9.97 Å². The second-order valence-corrected chi connectivity index (χ2v) is 2.58. The summed E-state index contributed by atoms with van der Waals surface area (Å²) in [5.41, 5.74) is 0.507. The predicted molar refractivity (Wildman–Crippen MR) is 42.6 cm³/mol. The predicted octanol–water partition coefficient (Wildman–Crippen LogP) is 1.52. The first-order chi connectivity index (χ1) is 5.15. The SMILES string of the molecule is Cc1nc([N+](=O)[O-])c(CBr)[nH]1. The van der Waals surface area contributed by atoms with E-state index in [2.05, 4.69) is 25.9 Å². The fourth-order valence-corrected chi connectivity index (χ4v) is 1.16. The zero-order valence-electron chi connectivity index (χ0n) is 5.80. The van der Waals surface area contributed by atoms with Gasteiger partial charge in [0.25, 0.3) is 0 Å². The average Bonchev–Trinajstić information content (AvgIpc) is 2.30. The summed E-state index contributed by atoms with van der Waals surface area (Å²) in [6.07, 6.45) is 0. The number of nitrogens with zero attached hydrogens (tertiary/aromatic N) is 2.